The summed E-state index contributed by atoms with van der Waals surface area (Å²) in [5, 5.41) is 22.6. The van der Waals surface area contributed by atoms with Crippen LogP contribution >= 0.6 is 0 Å². The lowest BCUT2D eigenvalue weighted by molar-refractivity contribution is -0.261. The van der Waals surface area contributed by atoms with Gasteiger partial charge in [0.15, 0.2) is 0 Å². The molecule has 0 saturated carbocycles. The first-order valence-electron chi connectivity index (χ1n) is 11.6. The summed E-state index contributed by atoms with van der Waals surface area (Å²) in [6.45, 7) is 0.931. The Morgan fingerprint density at radius 2 is 1.43 bits per heavy atom. The van der Waals surface area contributed by atoms with Crippen LogP contribution < -0.4 is 9.47 Å². The molecule has 1 fully saturated rings. The van der Waals surface area contributed by atoms with Gasteiger partial charge in [0, 0.05) is 0 Å². The topological polar surface area (TPSA) is 86.6 Å². The first-order valence-corrected chi connectivity index (χ1v) is 11.6. The molecule has 3 aromatic carbocycles. The van der Waals surface area contributed by atoms with E-state index in [1.165, 1.54) is 0 Å². The van der Waals surface area contributed by atoms with Crippen LogP contribution in [0.25, 0.3) is 0 Å². The standard InChI is InChI=1S/C28H32O7/c1-31-23-12-8-20(9-13-23)16-33-18-25-26(34-17-21-10-14-24(32-2)15-11-21)19-35-28(25,30)27(29)22-6-4-3-5-7-22/h3-15,25-27,29-30H,16-19H2,1-2H3/t25?,26?,27-,28?/m1/s1. The molecule has 7 nitrogen and oxygen atoms in total. The third-order valence-corrected chi connectivity index (χ3v) is 6.31. The molecule has 3 aromatic rings. The van der Waals surface area contributed by atoms with Crippen LogP contribution in [-0.2, 0) is 27.4 Å². The van der Waals surface area contributed by atoms with Gasteiger partial charge in [0.25, 0.3) is 0 Å². The molecule has 1 heterocycles. The van der Waals surface area contributed by atoms with E-state index in [1.54, 1.807) is 26.4 Å². The van der Waals surface area contributed by atoms with Crippen LogP contribution in [0.2, 0.25) is 0 Å². The SMILES string of the molecule is COc1ccc(COCC2C(OCc3ccc(OC)cc3)COC2(O)[C@H](O)c2ccccc2)cc1. The number of aliphatic hydroxyl groups excluding tert-OH is 1. The molecule has 35 heavy (non-hydrogen) atoms. The van der Waals surface area contributed by atoms with Gasteiger partial charge in [-0.2, -0.15) is 0 Å². The molecule has 0 aliphatic carbocycles. The number of benzene rings is 3. The fourth-order valence-electron chi connectivity index (χ4n) is 4.20. The molecule has 2 N–H and O–H groups in total. The van der Waals surface area contributed by atoms with Gasteiger partial charge in [0.05, 0.1) is 52.7 Å². The Labute approximate surface area is 205 Å². The zero-order chi connectivity index (χ0) is 24.7. The number of ether oxygens (including phenoxy) is 5. The van der Waals surface area contributed by atoms with Gasteiger partial charge in [-0.05, 0) is 41.0 Å². The quantitative estimate of drug-likeness (QED) is 0.431. The minimum Gasteiger partial charge on any atom is -0.497 e. The van der Waals surface area contributed by atoms with Crippen LogP contribution in [0.1, 0.15) is 22.8 Å². The average Bonchev–Trinajstić information content (AvgIpc) is 3.24. The first-order chi connectivity index (χ1) is 17.0. The van der Waals surface area contributed by atoms with E-state index in [0.29, 0.717) is 18.8 Å². The highest BCUT2D eigenvalue weighted by molar-refractivity contribution is 5.27. The maximum Gasteiger partial charge on any atom is 0.204 e. The van der Waals surface area contributed by atoms with Gasteiger partial charge in [-0.15, -0.1) is 0 Å². The largest absolute Gasteiger partial charge is 0.497 e. The van der Waals surface area contributed by atoms with Gasteiger partial charge >= 0.3 is 0 Å². The molecule has 1 aliphatic heterocycles. The van der Waals surface area contributed by atoms with E-state index in [1.807, 2.05) is 66.7 Å². The summed E-state index contributed by atoms with van der Waals surface area (Å²) in [4.78, 5) is 0. The third kappa shape index (κ3) is 6.01. The van der Waals surface area contributed by atoms with E-state index in [4.69, 9.17) is 23.7 Å². The smallest absolute Gasteiger partial charge is 0.204 e. The molecule has 0 aromatic heterocycles. The molecule has 0 bridgehead atoms. The van der Waals surface area contributed by atoms with Gasteiger partial charge in [0.1, 0.15) is 17.6 Å². The van der Waals surface area contributed by atoms with Crippen molar-refractivity contribution in [3.8, 4) is 11.5 Å². The minimum absolute atomic E-state index is 0.132. The van der Waals surface area contributed by atoms with E-state index in [2.05, 4.69) is 0 Å². The molecular weight excluding hydrogens is 448 g/mol. The molecule has 7 heteroatoms. The Morgan fingerprint density at radius 3 is 2.00 bits per heavy atom. The van der Waals surface area contributed by atoms with Gasteiger partial charge in [-0.25, -0.2) is 0 Å². The lowest BCUT2D eigenvalue weighted by Gasteiger charge is -2.34. The van der Waals surface area contributed by atoms with E-state index >= 15 is 0 Å². The zero-order valence-electron chi connectivity index (χ0n) is 20.0. The van der Waals surface area contributed by atoms with Crippen molar-refractivity contribution >= 4 is 0 Å². The fraction of sp³-hybridized carbons (Fsp3) is 0.357. The lowest BCUT2D eigenvalue weighted by atomic mass is 9.88. The van der Waals surface area contributed by atoms with Gasteiger partial charge < -0.3 is 33.9 Å². The second kappa shape index (κ2) is 11.7. The highest BCUT2D eigenvalue weighted by atomic mass is 16.7. The molecular formula is C28H32O7. The Bertz CT molecular complexity index is 1040. The molecule has 0 amide bonds. The van der Waals surface area contributed by atoms with Crippen molar-refractivity contribution < 1.29 is 33.9 Å². The van der Waals surface area contributed by atoms with Gasteiger partial charge in [-0.1, -0.05) is 54.6 Å². The summed E-state index contributed by atoms with van der Waals surface area (Å²) in [5.41, 5.74) is 2.49. The van der Waals surface area contributed by atoms with E-state index < -0.39 is 23.9 Å². The van der Waals surface area contributed by atoms with Crippen molar-refractivity contribution in [1.82, 2.24) is 0 Å². The summed E-state index contributed by atoms with van der Waals surface area (Å²) in [6, 6.07) is 24.2. The Hall–Kier alpha value is -2.94. The van der Waals surface area contributed by atoms with Crippen LogP contribution in [0.3, 0.4) is 0 Å². The monoisotopic (exact) mass is 480 g/mol. The number of hydrogen-bond acceptors (Lipinski definition) is 7. The number of rotatable bonds is 11. The summed E-state index contributed by atoms with van der Waals surface area (Å²) in [7, 11) is 3.24. The van der Waals surface area contributed by atoms with Crippen LogP contribution in [-0.4, -0.2) is 49.5 Å². The van der Waals surface area contributed by atoms with Gasteiger partial charge in [0.2, 0.25) is 5.79 Å². The number of hydrogen-bond donors (Lipinski definition) is 2. The fourth-order valence-corrected chi connectivity index (χ4v) is 4.20. The summed E-state index contributed by atoms with van der Waals surface area (Å²) < 4.78 is 28.4. The van der Waals surface area contributed by atoms with Crippen molar-refractivity contribution in [1.29, 1.82) is 0 Å². The van der Waals surface area contributed by atoms with Crippen molar-refractivity contribution in [2.45, 2.75) is 31.2 Å². The predicted octanol–water partition coefficient (Wildman–Crippen LogP) is 3.87. The van der Waals surface area contributed by atoms with Crippen molar-refractivity contribution in [2.24, 2.45) is 5.92 Å². The van der Waals surface area contributed by atoms with Crippen LogP contribution in [0, 0.1) is 5.92 Å². The van der Waals surface area contributed by atoms with E-state index in [0.717, 1.165) is 22.6 Å². The Morgan fingerprint density at radius 1 is 0.857 bits per heavy atom. The normalized spacial score (nSPS) is 22.6. The predicted molar refractivity (Wildman–Crippen MR) is 130 cm³/mol. The molecule has 0 spiro atoms. The average molecular weight is 481 g/mol. The molecule has 186 valence electrons. The molecule has 3 unspecified atom stereocenters. The van der Waals surface area contributed by atoms with E-state index in [9.17, 15) is 10.2 Å². The van der Waals surface area contributed by atoms with Gasteiger partial charge in [-0.3, -0.25) is 0 Å². The zero-order valence-corrected chi connectivity index (χ0v) is 20.0. The lowest BCUT2D eigenvalue weighted by Crippen LogP contribution is -2.46. The van der Waals surface area contributed by atoms with Crippen LogP contribution in [0.4, 0.5) is 0 Å². The summed E-state index contributed by atoms with van der Waals surface area (Å²) in [5.74, 6) is -0.936. The molecule has 4 atom stereocenters. The van der Waals surface area contributed by atoms with Crippen LogP contribution in [0.5, 0.6) is 11.5 Å². The Kier molecular flexibility index (Phi) is 8.38. The highest BCUT2D eigenvalue weighted by Gasteiger charge is 2.54. The Balaban J connectivity index is 1.46. The van der Waals surface area contributed by atoms with Crippen molar-refractivity contribution in [3.63, 3.8) is 0 Å². The summed E-state index contributed by atoms with van der Waals surface area (Å²) in [6.07, 6.45) is -1.73. The molecule has 4 rings (SSSR count). The maximum atomic E-state index is 11.5. The summed E-state index contributed by atoms with van der Waals surface area (Å²) >= 11 is 0. The molecule has 1 saturated heterocycles. The van der Waals surface area contributed by atoms with Crippen LogP contribution in [0.15, 0.2) is 78.9 Å². The van der Waals surface area contributed by atoms with Crippen molar-refractivity contribution in [3.05, 3.63) is 95.6 Å². The first kappa shape index (κ1) is 25.2. The minimum atomic E-state index is -1.86. The second-order valence-corrected chi connectivity index (χ2v) is 8.54. The van der Waals surface area contributed by atoms with Crippen molar-refractivity contribution in [2.75, 3.05) is 27.4 Å². The van der Waals surface area contributed by atoms with E-state index in [-0.39, 0.29) is 13.2 Å². The third-order valence-electron chi connectivity index (χ3n) is 6.31. The highest BCUT2D eigenvalue weighted by Crippen LogP contribution is 2.42. The molecule has 1 aliphatic rings. The maximum absolute atomic E-state index is 11.5. The number of methoxy groups -OCH3 is 2. The number of aliphatic hydroxyl groups is 2. The molecule has 0 radical (unpaired) electrons. The second-order valence-electron chi connectivity index (χ2n) is 8.54.